The molecule has 1 aromatic heterocycles. The minimum absolute atomic E-state index is 0.127. The van der Waals surface area contributed by atoms with Crippen molar-refractivity contribution in [1.82, 2.24) is 9.97 Å². The third-order valence-electron chi connectivity index (χ3n) is 5.07. The van der Waals surface area contributed by atoms with Crippen LogP contribution >= 0.6 is 23.4 Å². The molecular formula is C24H27ClN4OS. The summed E-state index contributed by atoms with van der Waals surface area (Å²) in [5, 5.41) is 4.03. The van der Waals surface area contributed by atoms with Crippen molar-refractivity contribution in [2.24, 2.45) is 0 Å². The Bertz CT molecular complexity index is 1070. The van der Waals surface area contributed by atoms with E-state index in [-0.39, 0.29) is 5.91 Å². The highest BCUT2D eigenvalue weighted by molar-refractivity contribution is 7.98. The Morgan fingerprint density at radius 2 is 1.81 bits per heavy atom. The Morgan fingerprint density at radius 1 is 1.03 bits per heavy atom. The van der Waals surface area contributed by atoms with Crippen LogP contribution in [-0.4, -0.2) is 29.0 Å². The van der Waals surface area contributed by atoms with Crippen LogP contribution in [0.2, 0.25) is 5.15 Å². The van der Waals surface area contributed by atoms with Crippen molar-refractivity contribution >= 4 is 40.8 Å². The van der Waals surface area contributed by atoms with Gasteiger partial charge in [-0.2, -0.15) is 0 Å². The largest absolute Gasteiger partial charge is 0.357 e. The van der Waals surface area contributed by atoms with Crippen LogP contribution in [0.25, 0.3) is 0 Å². The van der Waals surface area contributed by atoms with Gasteiger partial charge in [-0.25, -0.2) is 9.97 Å². The molecule has 0 fully saturated rings. The number of hydrogen-bond donors (Lipinski definition) is 1. The molecule has 0 radical (unpaired) electrons. The molecule has 3 rings (SSSR count). The molecule has 5 nitrogen and oxygen atoms in total. The van der Waals surface area contributed by atoms with Crippen molar-refractivity contribution in [3.05, 3.63) is 75.9 Å². The summed E-state index contributed by atoms with van der Waals surface area (Å²) in [5.74, 6) is 1.34. The number of aromatic nitrogens is 2. The molecule has 7 heteroatoms. The minimum Gasteiger partial charge on any atom is -0.357 e. The number of benzene rings is 2. The van der Waals surface area contributed by atoms with Crippen molar-refractivity contribution in [2.75, 3.05) is 23.3 Å². The monoisotopic (exact) mass is 454 g/mol. The molecule has 162 valence electrons. The van der Waals surface area contributed by atoms with Crippen LogP contribution in [0.5, 0.6) is 0 Å². The van der Waals surface area contributed by atoms with E-state index in [1.54, 1.807) is 6.07 Å². The Kier molecular flexibility index (Phi) is 7.93. The summed E-state index contributed by atoms with van der Waals surface area (Å²) >= 11 is 7.71. The van der Waals surface area contributed by atoms with Crippen LogP contribution in [0.1, 0.15) is 40.9 Å². The number of hydrogen-bond acceptors (Lipinski definition) is 5. The summed E-state index contributed by atoms with van der Waals surface area (Å²) in [6, 6.07) is 15.3. The van der Waals surface area contributed by atoms with E-state index in [2.05, 4.69) is 41.0 Å². The number of anilines is 2. The van der Waals surface area contributed by atoms with E-state index in [1.165, 1.54) is 17.3 Å². The highest BCUT2D eigenvalue weighted by Gasteiger charge is 2.11. The normalized spacial score (nSPS) is 10.7. The van der Waals surface area contributed by atoms with Crippen LogP contribution in [-0.2, 0) is 5.75 Å². The predicted molar refractivity (Wildman–Crippen MR) is 130 cm³/mol. The number of amides is 1. The average Bonchev–Trinajstić information content (AvgIpc) is 2.75. The predicted octanol–water partition coefficient (Wildman–Crippen LogP) is 6.14. The first-order valence-electron chi connectivity index (χ1n) is 10.3. The van der Waals surface area contributed by atoms with E-state index < -0.39 is 0 Å². The molecule has 2 aromatic carbocycles. The van der Waals surface area contributed by atoms with E-state index in [1.807, 2.05) is 49.4 Å². The molecule has 1 N–H and O–H groups in total. The third-order valence-corrected chi connectivity index (χ3v) is 6.18. The maximum absolute atomic E-state index is 12.7. The van der Waals surface area contributed by atoms with Gasteiger partial charge in [0.1, 0.15) is 11.0 Å². The van der Waals surface area contributed by atoms with Gasteiger partial charge < -0.3 is 10.2 Å². The van der Waals surface area contributed by atoms with E-state index in [0.717, 1.165) is 35.7 Å². The molecule has 31 heavy (non-hydrogen) atoms. The fourth-order valence-corrected chi connectivity index (χ4v) is 4.16. The van der Waals surface area contributed by atoms with Gasteiger partial charge in [-0.1, -0.05) is 41.6 Å². The maximum atomic E-state index is 12.7. The Hall–Kier alpha value is -2.57. The zero-order chi connectivity index (χ0) is 22.4. The zero-order valence-electron chi connectivity index (χ0n) is 18.3. The highest BCUT2D eigenvalue weighted by atomic mass is 35.5. The molecule has 0 unspecified atom stereocenters. The van der Waals surface area contributed by atoms with Crippen molar-refractivity contribution < 1.29 is 4.79 Å². The lowest BCUT2D eigenvalue weighted by atomic mass is 10.1. The van der Waals surface area contributed by atoms with Gasteiger partial charge in [0, 0.05) is 36.2 Å². The first-order valence-corrected chi connectivity index (χ1v) is 11.7. The van der Waals surface area contributed by atoms with Crippen molar-refractivity contribution in [3.63, 3.8) is 0 Å². The van der Waals surface area contributed by atoms with Gasteiger partial charge in [0.2, 0.25) is 0 Å². The van der Waals surface area contributed by atoms with Gasteiger partial charge >= 0.3 is 0 Å². The van der Waals surface area contributed by atoms with E-state index in [9.17, 15) is 4.79 Å². The van der Waals surface area contributed by atoms with Crippen LogP contribution in [0, 0.1) is 13.8 Å². The second-order valence-corrected chi connectivity index (χ2v) is 8.58. The number of halogens is 1. The van der Waals surface area contributed by atoms with Crippen molar-refractivity contribution in [1.29, 1.82) is 0 Å². The SMILES string of the molecule is CCN(CC)c1cc(Cl)nc(SCc2cccc(C(=O)Nc3ccc(C)c(C)c3)c2)n1. The Balaban J connectivity index is 1.69. The first-order chi connectivity index (χ1) is 14.9. The van der Waals surface area contributed by atoms with E-state index in [0.29, 0.717) is 21.6 Å². The molecule has 3 aromatic rings. The van der Waals surface area contributed by atoms with Gasteiger partial charge in [0.05, 0.1) is 0 Å². The molecule has 0 aliphatic rings. The highest BCUT2D eigenvalue weighted by Crippen LogP contribution is 2.25. The lowest BCUT2D eigenvalue weighted by Gasteiger charge is -2.20. The quantitative estimate of drug-likeness (QED) is 0.252. The number of nitrogens with zero attached hydrogens (tertiary/aromatic N) is 3. The smallest absolute Gasteiger partial charge is 0.255 e. The minimum atomic E-state index is -0.127. The number of thioether (sulfide) groups is 1. The van der Waals surface area contributed by atoms with Gasteiger partial charge in [0.25, 0.3) is 5.91 Å². The summed E-state index contributed by atoms with van der Waals surface area (Å²) in [6.45, 7) is 9.96. The fourth-order valence-electron chi connectivity index (χ4n) is 3.13. The Morgan fingerprint density at radius 3 is 2.52 bits per heavy atom. The molecule has 0 bridgehead atoms. The zero-order valence-corrected chi connectivity index (χ0v) is 19.8. The summed E-state index contributed by atoms with van der Waals surface area (Å²) in [4.78, 5) is 23.8. The second-order valence-electron chi connectivity index (χ2n) is 7.25. The van der Waals surface area contributed by atoms with Gasteiger partial charge in [-0.15, -0.1) is 0 Å². The molecule has 1 amide bonds. The van der Waals surface area contributed by atoms with Crippen LogP contribution in [0.3, 0.4) is 0 Å². The molecule has 0 spiro atoms. The fraction of sp³-hybridized carbons (Fsp3) is 0.292. The van der Waals surface area contributed by atoms with Crippen molar-refractivity contribution in [3.8, 4) is 0 Å². The summed E-state index contributed by atoms with van der Waals surface area (Å²) in [6.07, 6.45) is 0. The lowest BCUT2D eigenvalue weighted by molar-refractivity contribution is 0.102. The van der Waals surface area contributed by atoms with E-state index >= 15 is 0 Å². The average molecular weight is 455 g/mol. The van der Waals surface area contributed by atoms with Gasteiger partial charge in [-0.05, 0) is 68.7 Å². The standard InChI is InChI=1S/C24H27ClN4OS/c1-5-29(6-2)22-14-21(25)27-24(28-22)31-15-18-8-7-9-19(13-18)23(30)26-20-11-10-16(3)17(4)12-20/h7-14H,5-6,15H2,1-4H3,(H,26,30). The summed E-state index contributed by atoms with van der Waals surface area (Å²) < 4.78 is 0. The van der Waals surface area contributed by atoms with Crippen LogP contribution in [0.4, 0.5) is 11.5 Å². The lowest BCUT2D eigenvalue weighted by Crippen LogP contribution is -2.23. The van der Waals surface area contributed by atoms with Gasteiger partial charge in [-0.3, -0.25) is 4.79 Å². The third kappa shape index (κ3) is 6.21. The number of carbonyl (C=O) groups is 1. The molecule has 0 aliphatic heterocycles. The molecule has 1 heterocycles. The summed E-state index contributed by atoms with van der Waals surface area (Å²) in [7, 11) is 0. The van der Waals surface area contributed by atoms with Crippen molar-refractivity contribution in [2.45, 2.75) is 38.6 Å². The number of nitrogens with one attached hydrogen (secondary N) is 1. The number of carbonyl (C=O) groups excluding carboxylic acids is 1. The maximum Gasteiger partial charge on any atom is 0.255 e. The molecule has 0 saturated heterocycles. The number of aryl methyl sites for hydroxylation is 2. The van der Waals surface area contributed by atoms with Crippen LogP contribution < -0.4 is 10.2 Å². The van der Waals surface area contributed by atoms with E-state index in [4.69, 9.17) is 11.6 Å². The number of rotatable bonds is 8. The molecular weight excluding hydrogens is 428 g/mol. The topological polar surface area (TPSA) is 58.1 Å². The molecule has 0 saturated carbocycles. The second kappa shape index (κ2) is 10.6. The molecule has 0 atom stereocenters. The molecule has 0 aliphatic carbocycles. The van der Waals surface area contributed by atoms with Crippen LogP contribution in [0.15, 0.2) is 53.7 Å². The van der Waals surface area contributed by atoms with Gasteiger partial charge in [0.15, 0.2) is 5.16 Å². The first kappa shape index (κ1) is 23.1. The summed E-state index contributed by atoms with van der Waals surface area (Å²) in [5.41, 5.74) is 4.78. The Labute approximate surface area is 193 Å².